The summed E-state index contributed by atoms with van der Waals surface area (Å²) < 4.78 is 0. The van der Waals surface area contributed by atoms with Crippen molar-refractivity contribution in [2.24, 2.45) is 0 Å². The van der Waals surface area contributed by atoms with Crippen LogP contribution in [0, 0.1) is 6.92 Å². The van der Waals surface area contributed by atoms with E-state index in [1.807, 2.05) is 0 Å². The van der Waals surface area contributed by atoms with Crippen LogP contribution in [-0.4, -0.2) is 33.7 Å². The Bertz CT molecular complexity index is 331. The van der Waals surface area contributed by atoms with Gasteiger partial charge in [0.05, 0.1) is 0 Å². The number of hydrogen-bond acceptors (Lipinski definition) is 3. The fourth-order valence-electron chi connectivity index (χ4n) is 0.781. The Morgan fingerprint density at radius 3 is 2.85 bits per heavy atom. The normalized spacial score (nSPS) is 9.62. The molecule has 0 saturated carbocycles. The van der Waals surface area contributed by atoms with Crippen LogP contribution in [0.25, 0.3) is 0 Å². The van der Waals surface area contributed by atoms with Gasteiger partial charge in [0, 0.05) is 5.69 Å². The van der Waals surface area contributed by atoms with Gasteiger partial charge in [-0.1, -0.05) is 0 Å². The molecule has 0 saturated heterocycles. The summed E-state index contributed by atoms with van der Waals surface area (Å²) in [5, 5.41) is 16.7. The number of rotatable bonds is 3. The predicted octanol–water partition coefficient (Wildman–Crippen LogP) is -0.467. The highest BCUT2D eigenvalue weighted by Gasteiger charge is 2.09. The SMILES string of the molecule is Cc1cc(C(=O)NCC(=O)O)n[nH]1. The van der Waals surface area contributed by atoms with Crippen molar-refractivity contribution in [3.8, 4) is 0 Å². The van der Waals surface area contributed by atoms with Gasteiger partial charge in [0.15, 0.2) is 0 Å². The van der Waals surface area contributed by atoms with Crippen LogP contribution < -0.4 is 5.32 Å². The minimum Gasteiger partial charge on any atom is -0.480 e. The van der Waals surface area contributed by atoms with Crippen molar-refractivity contribution >= 4 is 11.9 Å². The van der Waals surface area contributed by atoms with Crippen molar-refractivity contribution < 1.29 is 14.7 Å². The summed E-state index contributed by atoms with van der Waals surface area (Å²) in [7, 11) is 0. The minimum atomic E-state index is -1.08. The first-order chi connectivity index (χ1) is 6.09. The Kier molecular flexibility index (Phi) is 2.63. The van der Waals surface area contributed by atoms with Crippen LogP contribution >= 0.6 is 0 Å². The van der Waals surface area contributed by atoms with E-state index in [-0.39, 0.29) is 5.69 Å². The average Bonchev–Trinajstić information content (AvgIpc) is 2.47. The third kappa shape index (κ3) is 2.58. The molecule has 0 aliphatic carbocycles. The van der Waals surface area contributed by atoms with Crippen LogP contribution in [0.1, 0.15) is 16.2 Å². The number of hydrogen-bond donors (Lipinski definition) is 3. The molecule has 0 aliphatic rings. The van der Waals surface area contributed by atoms with E-state index in [4.69, 9.17) is 5.11 Å². The van der Waals surface area contributed by atoms with Crippen LogP contribution in [0.2, 0.25) is 0 Å². The summed E-state index contributed by atoms with van der Waals surface area (Å²) in [5.74, 6) is -1.58. The number of nitrogens with zero attached hydrogens (tertiary/aromatic N) is 1. The van der Waals surface area contributed by atoms with Gasteiger partial charge in [-0.2, -0.15) is 5.10 Å². The van der Waals surface area contributed by atoms with Gasteiger partial charge in [-0.15, -0.1) is 0 Å². The Morgan fingerprint density at radius 2 is 2.38 bits per heavy atom. The van der Waals surface area contributed by atoms with Gasteiger partial charge >= 0.3 is 5.97 Å². The molecule has 1 aromatic rings. The third-order valence-electron chi connectivity index (χ3n) is 1.34. The Morgan fingerprint density at radius 1 is 1.69 bits per heavy atom. The quantitative estimate of drug-likeness (QED) is 0.590. The summed E-state index contributed by atoms with van der Waals surface area (Å²) in [4.78, 5) is 21.2. The van der Waals surface area contributed by atoms with Gasteiger partial charge in [0.1, 0.15) is 12.2 Å². The van der Waals surface area contributed by atoms with E-state index in [2.05, 4.69) is 15.5 Å². The molecular weight excluding hydrogens is 174 g/mol. The highest BCUT2D eigenvalue weighted by molar-refractivity contribution is 5.94. The van der Waals surface area contributed by atoms with Crippen molar-refractivity contribution in [3.63, 3.8) is 0 Å². The topological polar surface area (TPSA) is 95.1 Å². The zero-order valence-electron chi connectivity index (χ0n) is 7.00. The lowest BCUT2D eigenvalue weighted by Gasteiger charge is -1.96. The Labute approximate surface area is 74.0 Å². The molecule has 13 heavy (non-hydrogen) atoms. The summed E-state index contributed by atoms with van der Waals surface area (Å²) in [6.45, 7) is 1.35. The standard InChI is InChI=1S/C7H9N3O3/c1-4-2-5(10-9-4)7(13)8-3-6(11)12/h2H,3H2,1H3,(H,8,13)(H,9,10)(H,11,12). The van der Waals surface area contributed by atoms with Gasteiger partial charge in [-0.3, -0.25) is 14.7 Å². The fourth-order valence-corrected chi connectivity index (χ4v) is 0.781. The molecular formula is C7H9N3O3. The average molecular weight is 183 g/mol. The first-order valence-corrected chi connectivity index (χ1v) is 3.61. The van der Waals surface area contributed by atoms with Gasteiger partial charge in [0.2, 0.25) is 0 Å². The lowest BCUT2D eigenvalue weighted by atomic mass is 10.3. The van der Waals surface area contributed by atoms with Crippen LogP contribution in [0.15, 0.2) is 6.07 Å². The molecule has 0 atom stereocenters. The number of aryl methyl sites for hydroxylation is 1. The van der Waals surface area contributed by atoms with E-state index < -0.39 is 18.4 Å². The second-order valence-electron chi connectivity index (χ2n) is 2.51. The summed E-state index contributed by atoms with van der Waals surface area (Å²) in [5.41, 5.74) is 0.944. The molecule has 0 spiro atoms. The molecule has 0 aromatic carbocycles. The monoisotopic (exact) mass is 183 g/mol. The van der Waals surface area contributed by atoms with E-state index in [1.165, 1.54) is 6.07 Å². The second-order valence-corrected chi connectivity index (χ2v) is 2.51. The van der Waals surface area contributed by atoms with Crippen LogP contribution in [0.3, 0.4) is 0 Å². The van der Waals surface area contributed by atoms with E-state index in [0.717, 1.165) is 5.69 Å². The van der Waals surface area contributed by atoms with E-state index in [1.54, 1.807) is 6.92 Å². The smallest absolute Gasteiger partial charge is 0.322 e. The number of amides is 1. The first-order valence-electron chi connectivity index (χ1n) is 3.61. The van der Waals surface area contributed by atoms with Gasteiger partial charge in [0.25, 0.3) is 5.91 Å². The molecule has 0 unspecified atom stereocenters. The predicted molar refractivity (Wildman–Crippen MR) is 43.3 cm³/mol. The van der Waals surface area contributed by atoms with Gasteiger partial charge in [-0.05, 0) is 13.0 Å². The maximum atomic E-state index is 11.1. The van der Waals surface area contributed by atoms with Crippen molar-refractivity contribution in [1.29, 1.82) is 0 Å². The second kappa shape index (κ2) is 3.70. The number of aromatic amines is 1. The van der Waals surface area contributed by atoms with Crippen molar-refractivity contribution in [3.05, 3.63) is 17.5 Å². The fraction of sp³-hybridized carbons (Fsp3) is 0.286. The third-order valence-corrected chi connectivity index (χ3v) is 1.34. The lowest BCUT2D eigenvalue weighted by Crippen LogP contribution is -2.29. The summed E-state index contributed by atoms with van der Waals surface area (Å²) in [6.07, 6.45) is 0. The minimum absolute atomic E-state index is 0.193. The van der Waals surface area contributed by atoms with Crippen LogP contribution in [-0.2, 0) is 4.79 Å². The Balaban J connectivity index is 2.54. The number of H-pyrrole nitrogens is 1. The molecule has 1 amide bonds. The lowest BCUT2D eigenvalue weighted by molar-refractivity contribution is -0.135. The number of aromatic nitrogens is 2. The molecule has 70 valence electrons. The molecule has 0 aliphatic heterocycles. The molecule has 0 radical (unpaired) electrons. The zero-order valence-corrected chi connectivity index (χ0v) is 7.00. The van der Waals surface area contributed by atoms with E-state index in [0.29, 0.717) is 0 Å². The van der Waals surface area contributed by atoms with E-state index in [9.17, 15) is 9.59 Å². The maximum absolute atomic E-state index is 11.1. The number of carboxylic acids is 1. The van der Waals surface area contributed by atoms with Crippen molar-refractivity contribution in [2.75, 3.05) is 6.54 Å². The number of aliphatic carboxylic acids is 1. The molecule has 6 nitrogen and oxygen atoms in total. The molecule has 0 bridgehead atoms. The molecule has 0 fully saturated rings. The van der Waals surface area contributed by atoms with Crippen molar-refractivity contribution in [1.82, 2.24) is 15.5 Å². The van der Waals surface area contributed by atoms with Crippen LogP contribution in [0.4, 0.5) is 0 Å². The summed E-state index contributed by atoms with van der Waals surface area (Å²) >= 11 is 0. The molecule has 3 N–H and O–H groups in total. The number of carbonyl (C=O) groups is 2. The molecule has 1 aromatic heterocycles. The highest BCUT2D eigenvalue weighted by atomic mass is 16.4. The van der Waals surface area contributed by atoms with Gasteiger partial charge < -0.3 is 10.4 Å². The largest absolute Gasteiger partial charge is 0.480 e. The van der Waals surface area contributed by atoms with Gasteiger partial charge in [-0.25, -0.2) is 0 Å². The molecule has 1 heterocycles. The number of carbonyl (C=O) groups excluding carboxylic acids is 1. The summed E-state index contributed by atoms with van der Waals surface area (Å²) in [6, 6.07) is 1.54. The Hall–Kier alpha value is -1.85. The highest BCUT2D eigenvalue weighted by Crippen LogP contribution is 1.96. The number of carboxylic acid groups (broad SMARTS) is 1. The maximum Gasteiger partial charge on any atom is 0.322 e. The van der Waals surface area contributed by atoms with E-state index >= 15 is 0 Å². The van der Waals surface area contributed by atoms with Crippen LogP contribution in [0.5, 0.6) is 0 Å². The molecule has 6 heteroatoms. The molecule has 1 rings (SSSR count). The first kappa shape index (κ1) is 9.24. The van der Waals surface area contributed by atoms with Crippen molar-refractivity contribution in [2.45, 2.75) is 6.92 Å². The number of nitrogens with one attached hydrogen (secondary N) is 2. The zero-order chi connectivity index (χ0) is 9.84.